The SMILES string of the molecule is CCCC[N+]1(C)C(Br)=NC(Br)=C1Br.[Br-]. The maximum atomic E-state index is 4.33. The smallest absolute Gasteiger partial charge is 0.277 e. The third-order valence-corrected chi connectivity index (χ3v) is 5.36. The molecule has 0 bridgehead atoms. The van der Waals surface area contributed by atoms with Crippen molar-refractivity contribution in [2.45, 2.75) is 19.8 Å². The predicted molar refractivity (Wildman–Crippen MR) is 67.2 cm³/mol. The highest BCUT2D eigenvalue weighted by atomic mass is 79.9. The van der Waals surface area contributed by atoms with Gasteiger partial charge < -0.3 is 17.0 Å². The highest BCUT2D eigenvalue weighted by Gasteiger charge is 2.38. The molecule has 1 atom stereocenters. The fraction of sp³-hybridized carbons (Fsp3) is 0.625. The minimum Gasteiger partial charge on any atom is -1.00 e. The van der Waals surface area contributed by atoms with Gasteiger partial charge in [0.2, 0.25) is 4.61 Å². The summed E-state index contributed by atoms with van der Waals surface area (Å²) in [5.41, 5.74) is 0. The molecule has 0 radical (unpaired) electrons. The highest BCUT2D eigenvalue weighted by molar-refractivity contribution is 9.18. The van der Waals surface area contributed by atoms with Gasteiger partial charge in [-0.25, -0.2) is 4.48 Å². The second-order valence-electron chi connectivity index (χ2n) is 3.23. The number of hydrogen-bond donors (Lipinski definition) is 0. The van der Waals surface area contributed by atoms with E-state index in [4.69, 9.17) is 0 Å². The van der Waals surface area contributed by atoms with Crippen LogP contribution in [0.15, 0.2) is 14.2 Å². The fourth-order valence-corrected chi connectivity index (χ4v) is 3.19. The van der Waals surface area contributed by atoms with Crippen molar-refractivity contribution in [3.8, 4) is 0 Å². The van der Waals surface area contributed by atoms with E-state index in [0.29, 0.717) is 0 Å². The Morgan fingerprint density at radius 1 is 1.29 bits per heavy atom. The average Bonchev–Trinajstić information content (AvgIpc) is 2.28. The van der Waals surface area contributed by atoms with Crippen LogP contribution >= 0.6 is 47.8 Å². The standard InChI is InChI=1S/C8H12Br3N2.BrH/c1-3-4-5-13(2)7(10)6(9)12-8(13)11;/h3-5H2,1-2H3;1H/q+1;/p-1. The van der Waals surface area contributed by atoms with Crippen molar-refractivity contribution in [3.05, 3.63) is 9.21 Å². The molecule has 1 unspecified atom stereocenters. The van der Waals surface area contributed by atoms with E-state index in [2.05, 4.69) is 66.8 Å². The number of halogens is 4. The molecule has 0 aliphatic carbocycles. The van der Waals surface area contributed by atoms with Gasteiger partial charge in [-0.15, -0.1) is 0 Å². The van der Waals surface area contributed by atoms with Gasteiger partial charge in [-0.05, 0) is 22.4 Å². The zero-order valence-corrected chi connectivity index (χ0v) is 14.4. The summed E-state index contributed by atoms with van der Waals surface area (Å²) in [5.74, 6) is 0. The molecular formula is C8H12Br4N2. The van der Waals surface area contributed by atoms with Gasteiger partial charge in [0.15, 0.2) is 4.61 Å². The summed E-state index contributed by atoms with van der Waals surface area (Å²) in [5, 5.41) is 0. The van der Waals surface area contributed by atoms with Crippen LogP contribution in [0.5, 0.6) is 0 Å². The number of rotatable bonds is 3. The van der Waals surface area contributed by atoms with E-state index < -0.39 is 0 Å². The lowest BCUT2D eigenvalue weighted by Crippen LogP contribution is -3.00. The first-order valence-electron chi connectivity index (χ1n) is 4.18. The number of aliphatic imine (C=N–C) groups is 1. The van der Waals surface area contributed by atoms with Crippen molar-refractivity contribution in [1.29, 1.82) is 0 Å². The number of quaternary nitrogens is 1. The molecule has 0 fully saturated rings. The van der Waals surface area contributed by atoms with Gasteiger partial charge in [0.1, 0.15) is 0 Å². The molecule has 0 spiro atoms. The number of nitrogens with zero attached hydrogens (tertiary/aromatic N) is 2. The van der Waals surface area contributed by atoms with Crippen LogP contribution in [0.25, 0.3) is 0 Å². The molecule has 1 aliphatic rings. The molecule has 0 N–H and O–H groups in total. The molecule has 0 aromatic carbocycles. The van der Waals surface area contributed by atoms with Crippen molar-refractivity contribution in [3.63, 3.8) is 0 Å². The molecule has 82 valence electrons. The largest absolute Gasteiger partial charge is 1.00 e. The van der Waals surface area contributed by atoms with E-state index in [0.717, 1.165) is 25.0 Å². The van der Waals surface area contributed by atoms with Crippen molar-refractivity contribution < 1.29 is 21.5 Å². The van der Waals surface area contributed by atoms with Gasteiger partial charge >= 0.3 is 0 Å². The molecule has 0 amide bonds. The van der Waals surface area contributed by atoms with E-state index in [1.807, 2.05) is 0 Å². The van der Waals surface area contributed by atoms with E-state index >= 15 is 0 Å². The van der Waals surface area contributed by atoms with Gasteiger partial charge in [-0.1, -0.05) is 13.3 Å². The Labute approximate surface area is 121 Å². The van der Waals surface area contributed by atoms with Crippen LogP contribution < -0.4 is 17.0 Å². The van der Waals surface area contributed by atoms with Gasteiger partial charge in [-0.2, -0.15) is 4.99 Å². The fourth-order valence-electron chi connectivity index (χ4n) is 1.19. The molecule has 0 aromatic heterocycles. The summed E-state index contributed by atoms with van der Waals surface area (Å²) >= 11 is 10.5. The quantitative estimate of drug-likeness (QED) is 0.443. The average molecular weight is 456 g/mol. The first kappa shape index (κ1) is 15.3. The van der Waals surface area contributed by atoms with E-state index in [9.17, 15) is 0 Å². The molecule has 2 nitrogen and oxygen atoms in total. The Kier molecular flexibility index (Phi) is 6.70. The molecule has 6 heteroatoms. The molecule has 1 heterocycles. The Balaban J connectivity index is 0.00000169. The molecule has 1 rings (SSSR count). The van der Waals surface area contributed by atoms with Crippen molar-refractivity contribution in [1.82, 2.24) is 0 Å². The minimum absolute atomic E-state index is 0. The summed E-state index contributed by atoms with van der Waals surface area (Å²) in [4.78, 5) is 4.33. The molecule has 0 saturated heterocycles. The Bertz CT molecular complexity index is 275. The van der Waals surface area contributed by atoms with E-state index in [1.54, 1.807) is 0 Å². The second-order valence-corrected chi connectivity index (χ2v) is 5.44. The first-order chi connectivity index (χ1) is 6.02. The third kappa shape index (κ3) is 2.90. The molecular weight excluding hydrogens is 444 g/mol. The summed E-state index contributed by atoms with van der Waals surface area (Å²) < 4.78 is 3.67. The summed E-state index contributed by atoms with van der Waals surface area (Å²) in [6, 6.07) is 0. The number of unbranched alkanes of at least 4 members (excludes halogenated alkanes) is 1. The minimum atomic E-state index is 0. The van der Waals surface area contributed by atoms with Crippen LogP contribution in [0.1, 0.15) is 19.8 Å². The molecule has 0 aromatic rings. The van der Waals surface area contributed by atoms with Crippen LogP contribution in [-0.4, -0.2) is 22.8 Å². The maximum absolute atomic E-state index is 4.33. The van der Waals surface area contributed by atoms with Crippen molar-refractivity contribution in [2.75, 3.05) is 13.6 Å². The normalized spacial score (nSPS) is 26.2. The lowest BCUT2D eigenvalue weighted by atomic mass is 10.3. The van der Waals surface area contributed by atoms with Crippen molar-refractivity contribution in [2.24, 2.45) is 4.99 Å². The Morgan fingerprint density at radius 2 is 1.86 bits per heavy atom. The summed E-state index contributed by atoms with van der Waals surface area (Å²) in [7, 11) is 2.14. The van der Waals surface area contributed by atoms with Gasteiger partial charge in [-0.3, -0.25) is 0 Å². The maximum Gasteiger partial charge on any atom is 0.277 e. The van der Waals surface area contributed by atoms with Gasteiger partial charge in [0.05, 0.1) is 13.6 Å². The van der Waals surface area contributed by atoms with Crippen LogP contribution in [0.2, 0.25) is 0 Å². The Hall–Kier alpha value is 1.29. The summed E-state index contributed by atoms with van der Waals surface area (Å²) in [6.45, 7) is 3.26. The second kappa shape index (κ2) is 6.13. The monoisotopic (exact) mass is 452 g/mol. The third-order valence-electron chi connectivity index (χ3n) is 2.16. The zero-order chi connectivity index (χ0) is 10.1. The molecule has 14 heavy (non-hydrogen) atoms. The van der Waals surface area contributed by atoms with Gasteiger partial charge in [0.25, 0.3) is 4.74 Å². The Morgan fingerprint density at radius 3 is 2.21 bits per heavy atom. The van der Waals surface area contributed by atoms with E-state index in [-0.39, 0.29) is 17.0 Å². The van der Waals surface area contributed by atoms with Gasteiger partial charge in [0, 0.05) is 31.9 Å². The highest BCUT2D eigenvalue weighted by Crippen LogP contribution is 2.37. The van der Waals surface area contributed by atoms with Crippen LogP contribution in [0.4, 0.5) is 0 Å². The van der Waals surface area contributed by atoms with Crippen LogP contribution in [-0.2, 0) is 0 Å². The number of amidine groups is 1. The van der Waals surface area contributed by atoms with E-state index in [1.165, 1.54) is 12.8 Å². The number of hydrogen-bond acceptors (Lipinski definition) is 1. The lowest BCUT2D eigenvalue weighted by Gasteiger charge is -2.27. The lowest BCUT2D eigenvalue weighted by molar-refractivity contribution is -0.764. The summed E-state index contributed by atoms with van der Waals surface area (Å²) in [6.07, 6.45) is 2.39. The zero-order valence-electron chi connectivity index (χ0n) is 8.03. The van der Waals surface area contributed by atoms with Crippen LogP contribution in [0, 0.1) is 0 Å². The molecule has 1 aliphatic heterocycles. The first-order valence-corrected chi connectivity index (χ1v) is 6.56. The predicted octanol–water partition coefficient (Wildman–Crippen LogP) is 0.918. The molecule has 0 saturated carbocycles. The van der Waals surface area contributed by atoms with Crippen molar-refractivity contribution >= 4 is 52.5 Å². The van der Waals surface area contributed by atoms with Crippen LogP contribution in [0.3, 0.4) is 0 Å². The topological polar surface area (TPSA) is 12.4 Å².